The van der Waals surface area contributed by atoms with Crippen molar-refractivity contribution in [1.82, 2.24) is 0 Å². The highest BCUT2D eigenvalue weighted by molar-refractivity contribution is 6.38. The lowest BCUT2D eigenvalue weighted by Crippen LogP contribution is -2.46. The minimum Gasteiger partial charge on any atom is -0.462 e. The molecule has 1 amide bonds. The fourth-order valence-electron chi connectivity index (χ4n) is 3.84. The molecule has 1 aliphatic rings. The molecular formula is C23H24F3NO4. The summed E-state index contributed by atoms with van der Waals surface area (Å²) in [4.78, 5) is 26.2. The maximum absolute atomic E-state index is 12.7. The molecule has 1 saturated carbocycles. The second-order valence-electron chi connectivity index (χ2n) is 7.70. The number of benzene rings is 2. The van der Waals surface area contributed by atoms with Crippen molar-refractivity contribution in [3.63, 3.8) is 0 Å². The lowest BCUT2D eigenvalue weighted by molar-refractivity contribution is -0.274. The van der Waals surface area contributed by atoms with Gasteiger partial charge in [0.25, 0.3) is 0 Å². The SMILES string of the molecule is COC(=O)C(=O)N(c1ccc(-c2ccc(OC(F)(F)F)cc2)cc1)[C@H]1CC[C@@H](C)CC1. The molecular weight excluding hydrogens is 411 g/mol. The van der Waals surface area contributed by atoms with E-state index in [-0.39, 0.29) is 11.8 Å². The molecule has 0 atom stereocenters. The number of rotatable bonds is 4. The Morgan fingerprint density at radius 2 is 1.42 bits per heavy atom. The van der Waals surface area contributed by atoms with E-state index in [0.29, 0.717) is 17.2 Å². The number of anilines is 1. The average Bonchev–Trinajstić information content (AvgIpc) is 2.74. The summed E-state index contributed by atoms with van der Waals surface area (Å²) < 4.78 is 45.5. The molecule has 0 aromatic heterocycles. The van der Waals surface area contributed by atoms with Gasteiger partial charge in [0.1, 0.15) is 5.75 Å². The van der Waals surface area contributed by atoms with Gasteiger partial charge in [0.15, 0.2) is 0 Å². The number of carbonyl (C=O) groups is 2. The van der Waals surface area contributed by atoms with Crippen LogP contribution in [0.3, 0.4) is 0 Å². The number of amides is 1. The van der Waals surface area contributed by atoms with Crippen LogP contribution in [-0.4, -0.2) is 31.4 Å². The van der Waals surface area contributed by atoms with Crippen molar-refractivity contribution in [3.8, 4) is 16.9 Å². The molecule has 31 heavy (non-hydrogen) atoms. The van der Waals surface area contributed by atoms with Crippen LogP contribution in [0.5, 0.6) is 5.75 Å². The topological polar surface area (TPSA) is 55.8 Å². The van der Waals surface area contributed by atoms with E-state index in [1.54, 1.807) is 24.3 Å². The normalized spacial score (nSPS) is 18.9. The highest BCUT2D eigenvalue weighted by Crippen LogP contribution is 2.32. The van der Waals surface area contributed by atoms with Crippen molar-refractivity contribution < 1.29 is 32.2 Å². The minimum atomic E-state index is -4.74. The van der Waals surface area contributed by atoms with Gasteiger partial charge in [0.05, 0.1) is 7.11 Å². The first-order chi connectivity index (χ1) is 14.7. The number of carbonyl (C=O) groups excluding carboxylic acids is 2. The van der Waals surface area contributed by atoms with Gasteiger partial charge < -0.3 is 9.47 Å². The molecule has 0 N–H and O–H groups in total. The molecule has 0 heterocycles. The van der Waals surface area contributed by atoms with Crippen molar-refractivity contribution in [3.05, 3.63) is 48.5 Å². The van der Waals surface area contributed by atoms with Gasteiger partial charge in [0.2, 0.25) is 0 Å². The molecule has 3 rings (SSSR count). The van der Waals surface area contributed by atoms with E-state index in [9.17, 15) is 22.8 Å². The molecule has 2 aromatic rings. The molecule has 1 fully saturated rings. The standard InChI is InChI=1S/C23H24F3NO4/c1-15-3-9-18(10-4-15)27(21(28)22(29)30-2)19-11-5-16(6-12-19)17-7-13-20(14-8-17)31-23(24,25)26/h5-8,11-15,18H,3-4,9-10H2,1-2H3/t15-,18+. The molecule has 8 heteroatoms. The number of esters is 1. The van der Waals surface area contributed by atoms with Crippen LogP contribution >= 0.6 is 0 Å². The van der Waals surface area contributed by atoms with E-state index < -0.39 is 18.2 Å². The van der Waals surface area contributed by atoms with Crippen LogP contribution in [0, 0.1) is 5.92 Å². The molecule has 0 radical (unpaired) electrons. The zero-order valence-corrected chi connectivity index (χ0v) is 17.3. The minimum absolute atomic E-state index is 0.0903. The van der Waals surface area contributed by atoms with Crippen LogP contribution < -0.4 is 9.64 Å². The Morgan fingerprint density at radius 1 is 0.903 bits per heavy atom. The van der Waals surface area contributed by atoms with Crippen LogP contribution in [0.4, 0.5) is 18.9 Å². The fourth-order valence-corrected chi connectivity index (χ4v) is 3.84. The lowest BCUT2D eigenvalue weighted by atomic mass is 9.86. The quantitative estimate of drug-likeness (QED) is 0.481. The number of hydrogen-bond donors (Lipinski definition) is 0. The third-order valence-electron chi connectivity index (χ3n) is 5.50. The first-order valence-electron chi connectivity index (χ1n) is 10.1. The maximum atomic E-state index is 12.7. The van der Waals surface area contributed by atoms with Crippen LogP contribution in [0.2, 0.25) is 0 Å². The summed E-state index contributed by atoms with van der Waals surface area (Å²) in [6, 6.07) is 12.4. The largest absolute Gasteiger partial charge is 0.573 e. The highest BCUT2D eigenvalue weighted by Gasteiger charge is 2.33. The number of halogens is 3. The molecule has 0 unspecified atom stereocenters. The summed E-state index contributed by atoms with van der Waals surface area (Å²) in [7, 11) is 1.18. The van der Waals surface area contributed by atoms with E-state index in [2.05, 4.69) is 16.4 Å². The van der Waals surface area contributed by atoms with Gasteiger partial charge >= 0.3 is 18.2 Å². The van der Waals surface area contributed by atoms with Gasteiger partial charge in [-0.3, -0.25) is 9.69 Å². The third kappa shape index (κ3) is 5.77. The van der Waals surface area contributed by atoms with Gasteiger partial charge in [0, 0.05) is 11.7 Å². The van der Waals surface area contributed by atoms with E-state index in [1.807, 2.05) is 0 Å². The zero-order valence-electron chi connectivity index (χ0n) is 17.3. The van der Waals surface area contributed by atoms with Crippen LogP contribution in [-0.2, 0) is 14.3 Å². The lowest BCUT2D eigenvalue weighted by Gasteiger charge is -2.35. The number of methoxy groups -OCH3 is 1. The second-order valence-corrected chi connectivity index (χ2v) is 7.70. The summed E-state index contributed by atoms with van der Waals surface area (Å²) in [5.74, 6) is -1.33. The molecule has 0 aliphatic heterocycles. The second kappa shape index (κ2) is 9.41. The first kappa shape index (κ1) is 22.7. The van der Waals surface area contributed by atoms with Crippen molar-refractivity contribution in [2.24, 2.45) is 5.92 Å². The summed E-state index contributed by atoms with van der Waals surface area (Å²) in [5, 5.41) is 0. The summed E-state index contributed by atoms with van der Waals surface area (Å²) in [6.45, 7) is 2.17. The average molecular weight is 435 g/mol. The number of alkyl halides is 3. The van der Waals surface area contributed by atoms with E-state index >= 15 is 0 Å². The molecule has 0 bridgehead atoms. The predicted molar refractivity (Wildman–Crippen MR) is 109 cm³/mol. The Balaban J connectivity index is 1.82. The maximum Gasteiger partial charge on any atom is 0.573 e. The van der Waals surface area contributed by atoms with Crippen molar-refractivity contribution >= 4 is 17.6 Å². The van der Waals surface area contributed by atoms with Gasteiger partial charge in [-0.25, -0.2) is 4.79 Å². The monoisotopic (exact) mass is 435 g/mol. The van der Waals surface area contributed by atoms with E-state index in [1.165, 1.54) is 36.3 Å². The van der Waals surface area contributed by atoms with Gasteiger partial charge in [-0.2, -0.15) is 0 Å². The molecule has 1 aliphatic carbocycles. The highest BCUT2D eigenvalue weighted by atomic mass is 19.4. The smallest absolute Gasteiger partial charge is 0.462 e. The van der Waals surface area contributed by atoms with Crippen molar-refractivity contribution in [2.45, 2.75) is 45.0 Å². The predicted octanol–water partition coefficient (Wildman–Crippen LogP) is 5.34. The van der Waals surface area contributed by atoms with Crippen LogP contribution in [0.1, 0.15) is 32.6 Å². The van der Waals surface area contributed by atoms with Gasteiger partial charge in [-0.1, -0.05) is 31.2 Å². The third-order valence-corrected chi connectivity index (χ3v) is 5.50. The number of ether oxygens (including phenoxy) is 2. The van der Waals surface area contributed by atoms with E-state index in [0.717, 1.165) is 31.2 Å². The summed E-state index contributed by atoms with van der Waals surface area (Å²) in [5.41, 5.74) is 2.03. The summed E-state index contributed by atoms with van der Waals surface area (Å²) >= 11 is 0. The number of hydrogen-bond acceptors (Lipinski definition) is 4. The Bertz CT molecular complexity index is 902. The molecule has 0 saturated heterocycles. The molecule has 166 valence electrons. The zero-order chi connectivity index (χ0) is 22.6. The van der Waals surface area contributed by atoms with E-state index in [4.69, 9.17) is 0 Å². The first-order valence-corrected chi connectivity index (χ1v) is 10.1. The fraction of sp³-hybridized carbons (Fsp3) is 0.391. The Labute approximate surface area is 178 Å². The van der Waals surface area contributed by atoms with Gasteiger partial charge in [-0.15, -0.1) is 13.2 Å². The Morgan fingerprint density at radius 3 is 1.90 bits per heavy atom. The summed E-state index contributed by atoms with van der Waals surface area (Å²) in [6.07, 6.45) is -1.20. The molecule has 2 aromatic carbocycles. The number of nitrogens with zero attached hydrogens (tertiary/aromatic N) is 1. The van der Waals surface area contributed by atoms with Gasteiger partial charge in [-0.05, 0) is 67.0 Å². The van der Waals surface area contributed by atoms with Crippen molar-refractivity contribution in [1.29, 1.82) is 0 Å². The Kier molecular flexibility index (Phi) is 6.87. The van der Waals surface area contributed by atoms with Crippen molar-refractivity contribution in [2.75, 3.05) is 12.0 Å². The Hall–Kier alpha value is -3.03. The van der Waals surface area contributed by atoms with Crippen LogP contribution in [0.15, 0.2) is 48.5 Å². The van der Waals surface area contributed by atoms with Crippen LogP contribution in [0.25, 0.3) is 11.1 Å². The molecule has 0 spiro atoms. The molecule has 5 nitrogen and oxygen atoms in total.